The van der Waals surface area contributed by atoms with Crippen molar-refractivity contribution in [2.24, 2.45) is 0 Å². The summed E-state index contributed by atoms with van der Waals surface area (Å²) in [6, 6.07) is 4.07. The maximum absolute atomic E-state index is 12.2. The summed E-state index contributed by atoms with van der Waals surface area (Å²) in [4.78, 5) is 26.5. The Morgan fingerprint density at radius 1 is 1.21 bits per heavy atom. The van der Waals surface area contributed by atoms with Crippen molar-refractivity contribution in [3.05, 3.63) is 28.2 Å². The number of nitrogens with zero attached hydrogens (tertiary/aromatic N) is 2. The van der Waals surface area contributed by atoms with Gasteiger partial charge < -0.3 is 4.74 Å². The lowest BCUT2D eigenvalue weighted by molar-refractivity contribution is -0.132. The van der Waals surface area contributed by atoms with Gasteiger partial charge in [-0.25, -0.2) is 9.69 Å². The summed E-state index contributed by atoms with van der Waals surface area (Å²) in [6.07, 6.45) is -0.907. The first-order valence-corrected chi connectivity index (χ1v) is 6.39. The number of anilines is 1. The molecular weight excluding hydrogens is 291 g/mol. The van der Waals surface area contributed by atoms with Gasteiger partial charge in [0.05, 0.1) is 5.69 Å². The van der Waals surface area contributed by atoms with Crippen LogP contribution >= 0.6 is 23.2 Å². The first kappa shape index (κ1) is 14.1. The predicted octanol–water partition coefficient (Wildman–Crippen LogP) is 2.75. The fraction of sp³-hybridized carbons (Fsp3) is 0.333. The summed E-state index contributed by atoms with van der Waals surface area (Å²) < 4.78 is 5.26. The molecule has 19 heavy (non-hydrogen) atoms. The van der Waals surface area contributed by atoms with Crippen LogP contribution in [0.1, 0.15) is 6.92 Å². The van der Waals surface area contributed by atoms with Gasteiger partial charge >= 0.3 is 6.03 Å². The van der Waals surface area contributed by atoms with E-state index in [1.807, 2.05) is 0 Å². The van der Waals surface area contributed by atoms with Crippen molar-refractivity contribution in [1.29, 1.82) is 0 Å². The normalized spacial score (nSPS) is 19.5. The van der Waals surface area contributed by atoms with E-state index in [1.54, 1.807) is 6.92 Å². The highest BCUT2D eigenvalue weighted by Crippen LogP contribution is 2.30. The average molecular weight is 303 g/mol. The number of ether oxygens (including phenoxy) is 1. The van der Waals surface area contributed by atoms with E-state index >= 15 is 0 Å². The Labute approximate surface area is 120 Å². The molecule has 0 aliphatic carbocycles. The Kier molecular flexibility index (Phi) is 3.99. The number of carbonyl (C=O) groups is 2. The standard InChI is InChI=1S/C12H12Cl2N2O3/c1-3-19-11-10(17)16(12(18)15(11)2)9-5-7(13)4-8(14)6-9/h4-6,11H,3H2,1-2H3. The zero-order chi connectivity index (χ0) is 14.2. The van der Waals surface area contributed by atoms with Gasteiger partial charge in [0.2, 0.25) is 6.23 Å². The van der Waals surface area contributed by atoms with Crippen LogP contribution in [0.25, 0.3) is 0 Å². The van der Waals surface area contributed by atoms with Crippen molar-refractivity contribution in [3.8, 4) is 0 Å². The van der Waals surface area contributed by atoms with Gasteiger partial charge in [-0.1, -0.05) is 23.2 Å². The highest BCUT2D eigenvalue weighted by molar-refractivity contribution is 6.35. The van der Waals surface area contributed by atoms with Crippen molar-refractivity contribution < 1.29 is 14.3 Å². The SMILES string of the molecule is CCOC1C(=O)N(c2cc(Cl)cc(Cl)c2)C(=O)N1C. The number of carbonyl (C=O) groups excluding carboxylic acids is 2. The third-order valence-electron chi connectivity index (χ3n) is 2.71. The van der Waals surface area contributed by atoms with Crippen LogP contribution in [0.3, 0.4) is 0 Å². The summed E-state index contributed by atoms with van der Waals surface area (Å²) in [5.74, 6) is -0.451. The summed E-state index contributed by atoms with van der Waals surface area (Å²) in [7, 11) is 1.51. The molecule has 0 spiro atoms. The summed E-state index contributed by atoms with van der Waals surface area (Å²) in [5, 5.41) is 0.705. The first-order chi connectivity index (χ1) is 8.95. The second-order valence-electron chi connectivity index (χ2n) is 4.00. The number of amides is 3. The number of halogens is 2. The van der Waals surface area contributed by atoms with Crippen LogP contribution in [0.15, 0.2) is 18.2 Å². The van der Waals surface area contributed by atoms with Gasteiger partial charge in [-0.05, 0) is 25.1 Å². The fourth-order valence-electron chi connectivity index (χ4n) is 1.88. The predicted molar refractivity (Wildman–Crippen MR) is 72.5 cm³/mol. The van der Waals surface area contributed by atoms with Gasteiger partial charge in [-0.3, -0.25) is 9.69 Å². The Bertz CT molecular complexity index is 515. The number of imide groups is 1. The molecule has 0 bridgehead atoms. The molecule has 1 aliphatic heterocycles. The van der Waals surface area contributed by atoms with Crippen molar-refractivity contribution in [2.75, 3.05) is 18.6 Å². The minimum Gasteiger partial charge on any atom is -0.350 e. The molecule has 1 heterocycles. The molecule has 0 saturated carbocycles. The molecule has 2 rings (SSSR count). The lowest BCUT2D eigenvalue weighted by atomic mass is 10.3. The summed E-state index contributed by atoms with van der Waals surface area (Å²) >= 11 is 11.8. The number of urea groups is 1. The molecule has 7 heteroatoms. The zero-order valence-electron chi connectivity index (χ0n) is 10.4. The van der Waals surface area contributed by atoms with E-state index < -0.39 is 18.2 Å². The number of rotatable bonds is 3. The van der Waals surface area contributed by atoms with E-state index in [1.165, 1.54) is 30.1 Å². The van der Waals surface area contributed by atoms with Crippen LogP contribution in [0.5, 0.6) is 0 Å². The second kappa shape index (κ2) is 5.36. The van der Waals surface area contributed by atoms with Gasteiger partial charge in [-0.15, -0.1) is 0 Å². The van der Waals surface area contributed by atoms with Crippen molar-refractivity contribution in [3.63, 3.8) is 0 Å². The van der Waals surface area contributed by atoms with Crippen LogP contribution in [0.2, 0.25) is 10.0 Å². The molecule has 1 unspecified atom stereocenters. The second-order valence-corrected chi connectivity index (χ2v) is 4.88. The first-order valence-electron chi connectivity index (χ1n) is 5.64. The van der Waals surface area contributed by atoms with E-state index in [4.69, 9.17) is 27.9 Å². The smallest absolute Gasteiger partial charge is 0.333 e. The van der Waals surface area contributed by atoms with Crippen LogP contribution in [-0.4, -0.2) is 36.7 Å². The monoisotopic (exact) mass is 302 g/mol. The Morgan fingerprint density at radius 3 is 2.32 bits per heavy atom. The van der Waals surface area contributed by atoms with Gasteiger partial charge in [0.1, 0.15) is 0 Å². The van der Waals surface area contributed by atoms with Gasteiger partial charge in [-0.2, -0.15) is 0 Å². The fourth-order valence-corrected chi connectivity index (χ4v) is 2.39. The number of hydrogen-bond donors (Lipinski definition) is 0. The van der Waals surface area contributed by atoms with Crippen LogP contribution in [0.4, 0.5) is 10.5 Å². The lowest BCUT2D eigenvalue weighted by Gasteiger charge is -2.15. The molecule has 0 radical (unpaired) electrons. The summed E-state index contributed by atoms with van der Waals surface area (Å²) in [6.45, 7) is 2.09. The molecule has 3 amide bonds. The van der Waals surface area contributed by atoms with Gasteiger partial charge in [0.15, 0.2) is 0 Å². The molecule has 1 aliphatic rings. The topological polar surface area (TPSA) is 49.9 Å². The minimum atomic E-state index is -0.907. The van der Waals surface area contributed by atoms with Crippen molar-refractivity contribution >= 4 is 40.8 Å². The average Bonchev–Trinajstić information content (AvgIpc) is 2.52. The van der Waals surface area contributed by atoms with Crippen LogP contribution in [0, 0.1) is 0 Å². The Hall–Kier alpha value is -1.30. The van der Waals surface area contributed by atoms with E-state index in [-0.39, 0.29) is 0 Å². The van der Waals surface area contributed by atoms with Crippen LogP contribution in [-0.2, 0) is 9.53 Å². The Morgan fingerprint density at radius 2 is 1.79 bits per heavy atom. The van der Waals surface area contributed by atoms with Crippen molar-refractivity contribution in [2.45, 2.75) is 13.2 Å². The molecule has 1 saturated heterocycles. The molecule has 0 N–H and O–H groups in total. The largest absolute Gasteiger partial charge is 0.350 e. The van der Waals surface area contributed by atoms with Gasteiger partial charge in [0, 0.05) is 23.7 Å². The highest BCUT2D eigenvalue weighted by atomic mass is 35.5. The van der Waals surface area contributed by atoms with E-state index in [2.05, 4.69) is 0 Å². The number of benzene rings is 1. The molecular formula is C12H12Cl2N2O3. The van der Waals surface area contributed by atoms with E-state index in [0.717, 1.165) is 4.90 Å². The highest BCUT2D eigenvalue weighted by Gasteiger charge is 2.44. The molecule has 5 nitrogen and oxygen atoms in total. The third kappa shape index (κ3) is 2.54. The molecule has 1 atom stereocenters. The maximum Gasteiger partial charge on any atom is 0.333 e. The minimum absolute atomic E-state index is 0.332. The summed E-state index contributed by atoms with van der Waals surface area (Å²) in [5.41, 5.74) is 0.335. The molecule has 1 fully saturated rings. The number of likely N-dealkylation sites (N-methyl/N-ethyl adjacent to an activating group) is 1. The molecule has 102 valence electrons. The zero-order valence-corrected chi connectivity index (χ0v) is 11.9. The number of hydrogen-bond acceptors (Lipinski definition) is 3. The van der Waals surface area contributed by atoms with E-state index in [0.29, 0.717) is 22.3 Å². The lowest BCUT2D eigenvalue weighted by Crippen LogP contribution is -2.33. The molecule has 0 aromatic heterocycles. The van der Waals surface area contributed by atoms with E-state index in [9.17, 15) is 9.59 Å². The molecule has 1 aromatic rings. The van der Waals surface area contributed by atoms with Crippen LogP contribution < -0.4 is 4.90 Å². The third-order valence-corrected chi connectivity index (χ3v) is 3.14. The van der Waals surface area contributed by atoms with Gasteiger partial charge in [0.25, 0.3) is 5.91 Å². The van der Waals surface area contributed by atoms with Crippen molar-refractivity contribution in [1.82, 2.24) is 4.90 Å². The molecule has 1 aromatic carbocycles. The quantitative estimate of drug-likeness (QED) is 0.807. The Balaban J connectivity index is 2.39. The maximum atomic E-state index is 12.2.